The number of methoxy groups -OCH3 is 3. The third-order valence-electron chi connectivity index (χ3n) is 7.73. The largest absolute Gasteiger partial charge is 0.497 e. The molecule has 1 aliphatic rings. The van der Waals surface area contributed by atoms with Gasteiger partial charge in [-0.25, -0.2) is 9.59 Å². The third kappa shape index (κ3) is 9.33. The molecule has 14 heteroatoms. The van der Waals surface area contributed by atoms with Gasteiger partial charge in [-0.05, 0) is 68.3 Å². The zero-order valence-corrected chi connectivity index (χ0v) is 27.6. The summed E-state index contributed by atoms with van der Waals surface area (Å²) in [5.74, 6) is -1.07. The maximum atomic E-state index is 13.4. The van der Waals surface area contributed by atoms with Gasteiger partial charge in [0.2, 0.25) is 0 Å². The lowest BCUT2D eigenvalue weighted by Crippen LogP contribution is -2.51. The Hall–Kier alpha value is -5.47. The van der Waals surface area contributed by atoms with Crippen molar-refractivity contribution in [3.05, 3.63) is 88.5 Å². The van der Waals surface area contributed by atoms with Crippen molar-refractivity contribution >= 4 is 29.5 Å². The summed E-state index contributed by atoms with van der Waals surface area (Å²) in [7, 11) is 4.37. The van der Waals surface area contributed by atoms with Crippen LogP contribution in [0.25, 0.3) is 0 Å². The molecule has 260 valence electrons. The lowest BCUT2D eigenvalue weighted by atomic mass is 10.0. The first kappa shape index (κ1) is 36.4. The first-order valence-electron chi connectivity index (χ1n) is 15.3. The Labute approximate surface area is 282 Å². The average molecular weight is 679 g/mol. The molecule has 49 heavy (non-hydrogen) atoms. The molecule has 2 atom stereocenters. The maximum Gasteiger partial charge on any atom is 0.407 e. The molecule has 2 N–H and O–H groups in total. The minimum absolute atomic E-state index is 0.0696. The summed E-state index contributed by atoms with van der Waals surface area (Å²) >= 11 is 0. The zero-order chi connectivity index (χ0) is 35.5. The molecule has 3 aromatic rings. The Bertz CT molecular complexity index is 1670. The van der Waals surface area contributed by atoms with Gasteiger partial charge in [0, 0.05) is 38.4 Å². The number of ketones is 2. The number of benzene rings is 3. The minimum atomic E-state index is -1.18. The van der Waals surface area contributed by atoms with Crippen LogP contribution in [0.3, 0.4) is 0 Å². The topological polar surface area (TPSA) is 176 Å². The fourth-order valence-electron chi connectivity index (χ4n) is 5.21. The van der Waals surface area contributed by atoms with E-state index in [1.807, 2.05) is 0 Å². The van der Waals surface area contributed by atoms with E-state index >= 15 is 0 Å². The number of nitrogens with one attached hydrogen (secondary N) is 1. The highest BCUT2D eigenvalue weighted by Gasteiger charge is 2.34. The van der Waals surface area contributed by atoms with Crippen molar-refractivity contribution in [2.75, 3.05) is 48.0 Å². The highest BCUT2D eigenvalue weighted by atomic mass is 16.7. The van der Waals surface area contributed by atoms with Crippen LogP contribution in [0.15, 0.2) is 60.7 Å². The molecule has 0 spiro atoms. The third-order valence-corrected chi connectivity index (χ3v) is 7.73. The smallest absolute Gasteiger partial charge is 0.407 e. The number of ether oxygens (including phenoxy) is 6. The predicted octanol–water partition coefficient (Wildman–Crippen LogP) is 4.19. The van der Waals surface area contributed by atoms with E-state index in [0.29, 0.717) is 17.9 Å². The molecule has 1 heterocycles. The van der Waals surface area contributed by atoms with E-state index in [1.54, 1.807) is 18.2 Å². The van der Waals surface area contributed by atoms with E-state index in [-0.39, 0.29) is 78.2 Å². The van der Waals surface area contributed by atoms with E-state index < -0.39 is 30.1 Å². The lowest BCUT2D eigenvalue weighted by molar-refractivity contribution is 0.0178. The summed E-state index contributed by atoms with van der Waals surface area (Å²) in [6.45, 7) is 1.19. The molecule has 0 radical (unpaired) electrons. The van der Waals surface area contributed by atoms with Crippen molar-refractivity contribution in [1.29, 1.82) is 0 Å². The Morgan fingerprint density at radius 2 is 1.43 bits per heavy atom. The Morgan fingerprint density at radius 3 is 2.04 bits per heavy atom. The van der Waals surface area contributed by atoms with Crippen molar-refractivity contribution in [3.8, 4) is 17.2 Å². The average Bonchev–Trinajstić information content (AvgIpc) is 3.31. The van der Waals surface area contributed by atoms with Crippen molar-refractivity contribution < 1.29 is 57.5 Å². The van der Waals surface area contributed by atoms with E-state index in [1.165, 1.54) is 70.7 Å². The van der Waals surface area contributed by atoms with Crippen LogP contribution in [0.2, 0.25) is 0 Å². The highest BCUT2D eigenvalue weighted by Crippen LogP contribution is 2.28. The molecular formula is C35H38N2O12. The van der Waals surface area contributed by atoms with Crippen LogP contribution in [-0.4, -0.2) is 99.7 Å². The number of rotatable bonds is 14. The minimum Gasteiger partial charge on any atom is -0.497 e. The van der Waals surface area contributed by atoms with Crippen LogP contribution in [0.1, 0.15) is 66.8 Å². The monoisotopic (exact) mass is 678 g/mol. The van der Waals surface area contributed by atoms with Crippen LogP contribution in [-0.2, 0) is 14.2 Å². The van der Waals surface area contributed by atoms with Crippen LogP contribution in [0.5, 0.6) is 17.2 Å². The number of hydrogen-bond acceptors (Lipinski definition) is 11. The van der Waals surface area contributed by atoms with E-state index in [2.05, 4.69) is 5.32 Å². The highest BCUT2D eigenvalue weighted by molar-refractivity contribution is 6.11. The summed E-state index contributed by atoms with van der Waals surface area (Å²) < 4.78 is 31.9. The molecule has 0 bridgehead atoms. The molecule has 4 rings (SSSR count). The van der Waals surface area contributed by atoms with Crippen molar-refractivity contribution in [2.45, 2.75) is 31.9 Å². The van der Waals surface area contributed by atoms with Gasteiger partial charge in [-0.2, -0.15) is 0 Å². The number of esters is 1. The molecule has 1 aliphatic heterocycles. The van der Waals surface area contributed by atoms with Gasteiger partial charge in [0.1, 0.15) is 23.4 Å². The molecular weight excluding hydrogens is 640 g/mol. The summed E-state index contributed by atoms with van der Waals surface area (Å²) in [5.41, 5.74) is 0.929. The second-order valence-electron chi connectivity index (χ2n) is 11.0. The molecule has 0 saturated carbocycles. The number of nitrogens with zero attached hydrogens (tertiary/aromatic N) is 1. The second kappa shape index (κ2) is 17.1. The Morgan fingerprint density at radius 1 is 0.816 bits per heavy atom. The molecule has 1 saturated heterocycles. The fourth-order valence-corrected chi connectivity index (χ4v) is 5.21. The van der Waals surface area contributed by atoms with Gasteiger partial charge in [0.25, 0.3) is 5.91 Å². The Balaban J connectivity index is 1.52. The van der Waals surface area contributed by atoms with Gasteiger partial charge < -0.3 is 43.7 Å². The summed E-state index contributed by atoms with van der Waals surface area (Å²) in [6, 6.07) is 14.0. The van der Waals surface area contributed by atoms with Crippen LogP contribution < -0.4 is 19.5 Å². The zero-order valence-electron chi connectivity index (χ0n) is 27.6. The molecule has 0 aromatic heterocycles. The van der Waals surface area contributed by atoms with Crippen molar-refractivity contribution in [1.82, 2.24) is 10.2 Å². The number of carboxylic acid groups (broad SMARTS) is 1. The van der Waals surface area contributed by atoms with E-state index in [4.69, 9.17) is 28.4 Å². The normalized spacial score (nSPS) is 15.8. The number of amides is 2. The standard InChI is InChI=1S/C35H38N2O12/c1-21(38)26-16-24(11-13-29(26)47-19-44-2)33(40)36-28-18-37(35(42)43)15-5-6-31(28)49-34(41)23-9-7-22(8-10-23)32(39)27-17-25(46-4)12-14-30(27)48-20-45-3/h7-14,16-17,28,31H,5-6,15,18-20H2,1-4H3,(H,36,40)(H,42,43)/t28-,31-/m1/s1. The first-order valence-corrected chi connectivity index (χ1v) is 15.3. The second-order valence-corrected chi connectivity index (χ2v) is 11.0. The number of carbonyl (C=O) groups excluding carboxylic acids is 4. The quantitative estimate of drug-likeness (QED) is 0.141. The number of likely N-dealkylation sites (tertiary alicyclic amines) is 1. The van der Waals surface area contributed by atoms with E-state index in [9.17, 15) is 29.1 Å². The van der Waals surface area contributed by atoms with Gasteiger partial charge in [0.05, 0.1) is 29.8 Å². The van der Waals surface area contributed by atoms with Crippen LogP contribution in [0, 0.1) is 0 Å². The number of hydrogen-bond donors (Lipinski definition) is 2. The SMILES string of the molecule is COCOc1ccc(C(=O)N[C@@H]2CN(C(=O)O)CCC[C@H]2OC(=O)c2ccc(C(=O)c3cc(OC)ccc3OCOC)cc2)cc1C(C)=O. The lowest BCUT2D eigenvalue weighted by Gasteiger charge is -2.28. The summed E-state index contributed by atoms with van der Waals surface area (Å²) in [4.78, 5) is 65.4. The molecule has 1 fully saturated rings. The van der Waals surface area contributed by atoms with Crippen molar-refractivity contribution in [3.63, 3.8) is 0 Å². The molecule has 0 unspecified atom stereocenters. The van der Waals surface area contributed by atoms with E-state index in [0.717, 1.165) is 4.90 Å². The van der Waals surface area contributed by atoms with Crippen LogP contribution in [0.4, 0.5) is 4.79 Å². The van der Waals surface area contributed by atoms with Gasteiger partial charge in [-0.1, -0.05) is 12.1 Å². The molecule has 0 aliphatic carbocycles. The predicted molar refractivity (Wildman–Crippen MR) is 174 cm³/mol. The van der Waals surface area contributed by atoms with Gasteiger partial charge >= 0.3 is 12.1 Å². The van der Waals surface area contributed by atoms with Gasteiger partial charge in [0.15, 0.2) is 25.2 Å². The first-order chi connectivity index (χ1) is 23.6. The Kier molecular flexibility index (Phi) is 12.7. The number of Topliss-reactive ketones (excluding diaryl/α,β-unsaturated/α-hetero) is 1. The van der Waals surface area contributed by atoms with Crippen LogP contribution >= 0.6 is 0 Å². The summed E-state index contributed by atoms with van der Waals surface area (Å²) in [5, 5.41) is 12.5. The van der Waals surface area contributed by atoms with Gasteiger partial charge in [-0.3, -0.25) is 14.4 Å². The van der Waals surface area contributed by atoms with Gasteiger partial charge in [-0.15, -0.1) is 0 Å². The van der Waals surface area contributed by atoms with Crippen molar-refractivity contribution in [2.24, 2.45) is 0 Å². The molecule has 3 aromatic carbocycles. The molecule has 14 nitrogen and oxygen atoms in total. The number of carbonyl (C=O) groups is 5. The fraction of sp³-hybridized carbons (Fsp3) is 0.343. The molecule has 2 amide bonds. The summed E-state index contributed by atoms with van der Waals surface area (Å²) in [6.07, 6.45) is -1.44. The maximum absolute atomic E-state index is 13.4.